The zero-order valence-electron chi connectivity index (χ0n) is 11.1. The Labute approximate surface area is 131 Å². The molecule has 2 N–H and O–H groups in total. The lowest BCUT2D eigenvalue weighted by atomic mass is 10.1. The van der Waals surface area contributed by atoms with E-state index in [1.807, 2.05) is 53.9 Å². The molecule has 0 radical (unpaired) electrons. The summed E-state index contributed by atoms with van der Waals surface area (Å²) in [6.45, 7) is 0.517. The van der Waals surface area contributed by atoms with Crippen LogP contribution in [0, 0.1) is 0 Å². The molecule has 3 nitrogen and oxygen atoms in total. The number of anilines is 1. The standard InChI is InChI=1S/C16H13ClN2OS/c17-13-6-4-11(5-7-13)9-19-15(10-21-16(19)20)12-2-1-3-14(18)8-12/h1-8,10H,9,18H2. The molecular weight excluding hydrogens is 304 g/mol. The normalized spacial score (nSPS) is 10.7. The average Bonchev–Trinajstić information content (AvgIpc) is 2.83. The highest BCUT2D eigenvalue weighted by molar-refractivity contribution is 7.07. The van der Waals surface area contributed by atoms with E-state index in [-0.39, 0.29) is 4.87 Å². The fourth-order valence-electron chi connectivity index (χ4n) is 2.18. The van der Waals surface area contributed by atoms with Crippen molar-refractivity contribution in [3.8, 4) is 11.3 Å². The van der Waals surface area contributed by atoms with Crippen molar-refractivity contribution in [2.75, 3.05) is 5.73 Å². The Bertz CT molecular complexity index is 821. The van der Waals surface area contributed by atoms with Gasteiger partial charge in [0, 0.05) is 21.7 Å². The summed E-state index contributed by atoms with van der Waals surface area (Å²) in [6, 6.07) is 15.1. The van der Waals surface area contributed by atoms with Crippen molar-refractivity contribution in [1.29, 1.82) is 0 Å². The highest BCUT2D eigenvalue weighted by Crippen LogP contribution is 2.23. The van der Waals surface area contributed by atoms with Gasteiger partial charge >= 0.3 is 4.87 Å². The minimum atomic E-state index is 0.0161. The first-order chi connectivity index (χ1) is 10.1. The molecule has 0 saturated carbocycles. The lowest BCUT2D eigenvalue weighted by Gasteiger charge is -2.08. The molecule has 0 amide bonds. The van der Waals surface area contributed by atoms with Gasteiger partial charge in [-0.1, -0.05) is 47.2 Å². The van der Waals surface area contributed by atoms with Crippen LogP contribution in [0.4, 0.5) is 5.69 Å². The van der Waals surface area contributed by atoms with Gasteiger partial charge in [-0.25, -0.2) is 0 Å². The molecule has 0 aliphatic carbocycles. The Kier molecular flexibility index (Phi) is 3.82. The van der Waals surface area contributed by atoms with E-state index < -0.39 is 0 Å². The van der Waals surface area contributed by atoms with Gasteiger partial charge in [0.15, 0.2) is 0 Å². The van der Waals surface area contributed by atoms with E-state index >= 15 is 0 Å². The number of nitrogens with zero attached hydrogens (tertiary/aromatic N) is 1. The third-order valence-corrected chi connectivity index (χ3v) is 4.23. The van der Waals surface area contributed by atoms with Crippen LogP contribution in [0.1, 0.15) is 5.56 Å². The lowest BCUT2D eigenvalue weighted by Crippen LogP contribution is -2.15. The van der Waals surface area contributed by atoms with Crippen LogP contribution in [-0.4, -0.2) is 4.57 Å². The first-order valence-corrected chi connectivity index (χ1v) is 7.68. The van der Waals surface area contributed by atoms with Crippen LogP contribution in [0.2, 0.25) is 5.02 Å². The number of nitrogens with two attached hydrogens (primary N) is 1. The molecule has 0 aliphatic rings. The van der Waals surface area contributed by atoms with Gasteiger partial charge in [0.05, 0.1) is 12.2 Å². The maximum absolute atomic E-state index is 12.1. The van der Waals surface area contributed by atoms with Crippen LogP contribution in [0.15, 0.2) is 58.7 Å². The summed E-state index contributed by atoms with van der Waals surface area (Å²) in [6.07, 6.45) is 0. The fourth-order valence-corrected chi connectivity index (χ4v) is 3.07. The SMILES string of the molecule is Nc1cccc(-c2csc(=O)n2Cc2ccc(Cl)cc2)c1. The maximum atomic E-state index is 12.1. The number of aromatic nitrogens is 1. The fraction of sp³-hybridized carbons (Fsp3) is 0.0625. The van der Waals surface area contributed by atoms with Gasteiger partial charge in [-0.2, -0.15) is 0 Å². The number of thiazole rings is 1. The quantitative estimate of drug-likeness (QED) is 0.746. The minimum absolute atomic E-state index is 0.0161. The van der Waals surface area contributed by atoms with Gasteiger partial charge in [-0.15, -0.1) is 0 Å². The predicted octanol–water partition coefficient (Wildman–Crippen LogP) is 3.86. The zero-order chi connectivity index (χ0) is 14.8. The Hall–Kier alpha value is -2.04. The number of rotatable bonds is 3. The van der Waals surface area contributed by atoms with Crippen molar-refractivity contribution < 1.29 is 0 Å². The summed E-state index contributed by atoms with van der Waals surface area (Å²) in [7, 11) is 0. The number of hydrogen-bond donors (Lipinski definition) is 1. The Morgan fingerprint density at radius 1 is 1.14 bits per heavy atom. The van der Waals surface area contributed by atoms with Crippen LogP contribution in [0.25, 0.3) is 11.3 Å². The third-order valence-electron chi connectivity index (χ3n) is 3.22. The molecular formula is C16H13ClN2OS. The molecule has 0 aliphatic heterocycles. The molecule has 0 fully saturated rings. The zero-order valence-corrected chi connectivity index (χ0v) is 12.7. The van der Waals surface area contributed by atoms with E-state index in [4.69, 9.17) is 17.3 Å². The van der Waals surface area contributed by atoms with Gasteiger partial charge < -0.3 is 5.73 Å². The molecule has 0 unspecified atom stereocenters. The van der Waals surface area contributed by atoms with Crippen molar-refractivity contribution in [1.82, 2.24) is 4.57 Å². The number of hydrogen-bond acceptors (Lipinski definition) is 3. The van der Waals surface area contributed by atoms with Crippen molar-refractivity contribution in [3.63, 3.8) is 0 Å². The number of benzene rings is 2. The van der Waals surface area contributed by atoms with Crippen LogP contribution >= 0.6 is 22.9 Å². The van der Waals surface area contributed by atoms with E-state index in [1.54, 1.807) is 4.57 Å². The second-order valence-electron chi connectivity index (χ2n) is 4.72. The van der Waals surface area contributed by atoms with Crippen molar-refractivity contribution in [3.05, 3.63) is 74.2 Å². The highest BCUT2D eigenvalue weighted by atomic mass is 35.5. The second-order valence-corrected chi connectivity index (χ2v) is 5.98. The Morgan fingerprint density at radius 2 is 1.90 bits per heavy atom. The number of nitrogen functional groups attached to an aromatic ring is 1. The summed E-state index contributed by atoms with van der Waals surface area (Å²) in [4.78, 5) is 12.1. The van der Waals surface area contributed by atoms with E-state index in [9.17, 15) is 4.79 Å². The predicted molar refractivity (Wildman–Crippen MR) is 89.0 cm³/mol. The molecule has 106 valence electrons. The monoisotopic (exact) mass is 316 g/mol. The number of halogens is 1. The highest BCUT2D eigenvalue weighted by Gasteiger charge is 2.09. The van der Waals surface area contributed by atoms with Gasteiger partial charge in [-0.3, -0.25) is 9.36 Å². The van der Waals surface area contributed by atoms with Crippen LogP contribution in [0.3, 0.4) is 0 Å². The largest absolute Gasteiger partial charge is 0.399 e. The first kappa shape index (κ1) is 13.9. The van der Waals surface area contributed by atoms with E-state index in [0.717, 1.165) is 16.8 Å². The third kappa shape index (κ3) is 3.01. The van der Waals surface area contributed by atoms with Gasteiger partial charge in [0.25, 0.3) is 0 Å². The average molecular weight is 317 g/mol. The Morgan fingerprint density at radius 3 is 2.62 bits per heavy atom. The maximum Gasteiger partial charge on any atom is 0.307 e. The molecule has 5 heteroatoms. The van der Waals surface area contributed by atoms with Crippen LogP contribution in [-0.2, 0) is 6.54 Å². The molecule has 2 aromatic carbocycles. The van der Waals surface area contributed by atoms with E-state index in [0.29, 0.717) is 17.3 Å². The molecule has 0 saturated heterocycles. The molecule has 0 atom stereocenters. The molecule has 3 aromatic rings. The van der Waals surface area contributed by atoms with Crippen molar-refractivity contribution >= 4 is 28.6 Å². The Balaban J connectivity index is 2.01. The molecule has 1 heterocycles. The van der Waals surface area contributed by atoms with E-state index in [1.165, 1.54) is 11.3 Å². The summed E-state index contributed by atoms with van der Waals surface area (Å²) in [5.41, 5.74) is 9.37. The second kappa shape index (κ2) is 5.76. The summed E-state index contributed by atoms with van der Waals surface area (Å²) >= 11 is 7.08. The van der Waals surface area contributed by atoms with Gasteiger partial charge in [-0.05, 0) is 29.8 Å². The van der Waals surface area contributed by atoms with Crippen LogP contribution in [0.5, 0.6) is 0 Å². The molecule has 21 heavy (non-hydrogen) atoms. The van der Waals surface area contributed by atoms with Gasteiger partial charge in [0.2, 0.25) is 0 Å². The molecule has 0 spiro atoms. The summed E-state index contributed by atoms with van der Waals surface area (Å²) in [5, 5.41) is 2.56. The topological polar surface area (TPSA) is 48.0 Å². The van der Waals surface area contributed by atoms with Gasteiger partial charge in [0.1, 0.15) is 0 Å². The summed E-state index contributed by atoms with van der Waals surface area (Å²) in [5.74, 6) is 0. The smallest absolute Gasteiger partial charge is 0.307 e. The minimum Gasteiger partial charge on any atom is -0.399 e. The summed E-state index contributed by atoms with van der Waals surface area (Å²) < 4.78 is 1.75. The van der Waals surface area contributed by atoms with Crippen LogP contribution < -0.4 is 10.6 Å². The lowest BCUT2D eigenvalue weighted by molar-refractivity contribution is 0.792. The molecule has 0 bridgehead atoms. The molecule has 3 rings (SSSR count). The van der Waals surface area contributed by atoms with Crippen molar-refractivity contribution in [2.45, 2.75) is 6.54 Å². The van der Waals surface area contributed by atoms with E-state index in [2.05, 4.69) is 0 Å². The van der Waals surface area contributed by atoms with Crippen molar-refractivity contribution in [2.24, 2.45) is 0 Å². The first-order valence-electron chi connectivity index (χ1n) is 6.42. The molecule has 1 aromatic heterocycles.